The summed E-state index contributed by atoms with van der Waals surface area (Å²) < 4.78 is 6.21. The van der Waals surface area contributed by atoms with Crippen molar-refractivity contribution in [1.29, 1.82) is 0 Å². The predicted molar refractivity (Wildman–Crippen MR) is 81.4 cm³/mol. The van der Waals surface area contributed by atoms with Crippen LogP contribution in [0.1, 0.15) is 20.3 Å². The van der Waals surface area contributed by atoms with E-state index in [2.05, 4.69) is 53.9 Å². The van der Waals surface area contributed by atoms with Crippen LogP contribution in [0.3, 0.4) is 0 Å². The van der Waals surface area contributed by atoms with Crippen molar-refractivity contribution in [2.75, 3.05) is 32.1 Å². The van der Waals surface area contributed by atoms with E-state index in [1.807, 2.05) is 6.07 Å². The molecule has 0 aliphatic carbocycles. The Morgan fingerprint density at radius 1 is 1.39 bits per heavy atom. The largest absolute Gasteiger partial charge is 0.496 e. The molecular weight excluding hydrogens is 292 g/mol. The molecule has 1 aromatic carbocycles. The zero-order chi connectivity index (χ0) is 13.8. The van der Waals surface area contributed by atoms with Gasteiger partial charge >= 0.3 is 0 Å². The molecule has 102 valence electrons. The zero-order valence-corrected chi connectivity index (χ0v) is 13.3. The van der Waals surface area contributed by atoms with Crippen LogP contribution in [0.4, 0.5) is 5.69 Å². The summed E-state index contributed by atoms with van der Waals surface area (Å²) in [6, 6.07) is 6.12. The molecule has 1 aromatic rings. The average molecular weight is 315 g/mol. The standard InChI is InChI=1S/C14H23BrN2O/c1-14(2,10-16)7-8-17(3)11-5-6-13(18-4)12(15)9-11/h5-6,9H,7-8,10,16H2,1-4H3. The van der Waals surface area contributed by atoms with Crippen LogP contribution in [0, 0.1) is 5.41 Å². The van der Waals surface area contributed by atoms with E-state index in [-0.39, 0.29) is 5.41 Å². The lowest BCUT2D eigenvalue weighted by Gasteiger charge is -2.27. The first kappa shape index (κ1) is 15.3. The second kappa shape index (κ2) is 6.43. The minimum atomic E-state index is 0.192. The van der Waals surface area contributed by atoms with E-state index >= 15 is 0 Å². The van der Waals surface area contributed by atoms with Crippen molar-refractivity contribution in [3.8, 4) is 5.75 Å². The quantitative estimate of drug-likeness (QED) is 0.875. The van der Waals surface area contributed by atoms with Crippen LogP contribution in [0.5, 0.6) is 5.75 Å². The molecule has 0 saturated carbocycles. The van der Waals surface area contributed by atoms with Crippen LogP contribution in [0.25, 0.3) is 0 Å². The van der Waals surface area contributed by atoms with E-state index in [4.69, 9.17) is 10.5 Å². The predicted octanol–water partition coefficient (Wildman–Crippen LogP) is 3.27. The number of halogens is 1. The number of rotatable bonds is 6. The average Bonchev–Trinajstić information content (AvgIpc) is 2.36. The highest BCUT2D eigenvalue weighted by Crippen LogP contribution is 2.29. The van der Waals surface area contributed by atoms with Crippen molar-refractivity contribution >= 4 is 21.6 Å². The summed E-state index contributed by atoms with van der Waals surface area (Å²) >= 11 is 3.51. The summed E-state index contributed by atoms with van der Waals surface area (Å²) in [5, 5.41) is 0. The monoisotopic (exact) mass is 314 g/mol. The molecule has 0 aromatic heterocycles. The third kappa shape index (κ3) is 4.18. The lowest BCUT2D eigenvalue weighted by molar-refractivity contribution is 0.351. The first-order chi connectivity index (χ1) is 8.39. The van der Waals surface area contributed by atoms with Crippen molar-refractivity contribution in [2.24, 2.45) is 11.1 Å². The maximum atomic E-state index is 5.75. The number of hydrogen-bond donors (Lipinski definition) is 1. The van der Waals surface area contributed by atoms with Crippen LogP contribution >= 0.6 is 15.9 Å². The Kier molecular flexibility index (Phi) is 5.47. The minimum absolute atomic E-state index is 0.192. The Bertz CT molecular complexity index is 393. The van der Waals surface area contributed by atoms with Crippen molar-refractivity contribution in [1.82, 2.24) is 0 Å². The molecule has 4 heteroatoms. The first-order valence-corrected chi connectivity index (χ1v) is 6.93. The molecule has 1 rings (SSSR count). The second-order valence-corrected chi connectivity index (χ2v) is 6.21. The minimum Gasteiger partial charge on any atom is -0.496 e. The Morgan fingerprint density at radius 2 is 2.06 bits per heavy atom. The van der Waals surface area contributed by atoms with E-state index in [9.17, 15) is 0 Å². The highest BCUT2D eigenvalue weighted by Gasteiger charge is 2.16. The summed E-state index contributed by atoms with van der Waals surface area (Å²) in [7, 11) is 3.77. The van der Waals surface area contributed by atoms with Crippen LogP contribution < -0.4 is 15.4 Å². The number of hydrogen-bond acceptors (Lipinski definition) is 3. The van der Waals surface area contributed by atoms with Gasteiger partial charge in [0.05, 0.1) is 11.6 Å². The fourth-order valence-electron chi connectivity index (χ4n) is 1.59. The van der Waals surface area contributed by atoms with Crippen LogP contribution in [0.2, 0.25) is 0 Å². The summed E-state index contributed by atoms with van der Waals surface area (Å²) in [6.45, 7) is 6.10. The van der Waals surface area contributed by atoms with Gasteiger partial charge in [-0.2, -0.15) is 0 Å². The molecule has 18 heavy (non-hydrogen) atoms. The molecular formula is C14H23BrN2O. The van der Waals surface area contributed by atoms with Crippen LogP contribution in [-0.4, -0.2) is 27.2 Å². The van der Waals surface area contributed by atoms with Gasteiger partial charge in [0.1, 0.15) is 5.75 Å². The molecule has 0 aliphatic heterocycles. The summed E-state index contributed by atoms with van der Waals surface area (Å²) in [4.78, 5) is 2.24. The third-order valence-corrected chi connectivity index (χ3v) is 3.87. The summed E-state index contributed by atoms with van der Waals surface area (Å²) in [5.41, 5.74) is 7.12. The van der Waals surface area contributed by atoms with Gasteiger partial charge in [0.2, 0.25) is 0 Å². The van der Waals surface area contributed by atoms with Crippen molar-refractivity contribution in [2.45, 2.75) is 20.3 Å². The highest BCUT2D eigenvalue weighted by atomic mass is 79.9. The van der Waals surface area contributed by atoms with Crippen LogP contribution in [-0.2, 0) is 0 Å². The lowest BCUT2D eigenvalue weighted by Crippen LogP contribution is -2.29. The smallest absolute Gasteiger partial charge is 0.133 e. The fourth-order valence-corrected chi connectivity index (χ4v) is 2.12. The normalized spacial score (nSPS) is 11.4. The highest BCUT2D eigenvalue weighted by molar-refractivity contribution is 9.10. The Morgan fingerprint density at radius 3 is 2.56 bits per heavy atom. The zero-order valence-electron chi connectivity index (χ0n) is 11.7. The Balaban J connectivity index is 2.67. The number of ether oxygens (including phenoxy) is 1. The van der Waals surface area contributed by atoms with E-state index in [0.717, 1.165) is 23.2 Å². The maximum absolute atomic E-state index is 5.75. The molecule has 0 bridgehead atoms. The summed E-state index contributed by atoms with van der Waals surface area (Å²) in [6.07, 6.45) is 1.07. The maximum Gasteiger partial charge on any atom is 0.133 e. The molecule has 0 atom stereocenters. The molecule has 0 aliphatic rings. The molecule has 3 nitrogen and oxygen atoms in total. The number of anilines is 1. The molecule has 0 heterocycles. The molecule has 0 unspecified atom stereocenters. The third-order valence-electron chi connectivity index (χ3n) is 3.25. The van der Waals surface area contributed by atoms with E-state index in [1.165, 1.54) is 5.69 Å². The molecule has 0 radical (unpaired) electrons. The van der Waals surface area contributed by atoms with Gasteiger partial charge in [-0.1, -0.05) is 13.8 Å². The van der Waals surface area contributed by atoms with Gasteiger partial charge in [-0.05, 0) is 52.5 Å². The van der Waals surface area contributed by atoms with Gasteiger partial charge in [0.25, 0.3) is 0 Å². The molecule has 0 spiro atoms. The molecule has 0 saturated heterocycles. The van der Waals surface area contributed by atoms with Crippen molar-refractivity contribution in [3.05, 3.63) is 22.7 Å². The van der Waals surface area contributed by atoms with Gasteiger partial charge in [0.15, 0.2) is 0 Å². The fraction of sp³-hybridized carbons (Fsp3) is 0.571. The van der Waals surface area contributed by atoms with Crippen LogP contribution in [0.15, 0.2) is 22.7 Å². The summed E-state index contributed by atoms with van der Waals surface area (Å²) in [5.74, 6) is 0.856. The van der Waals surface area contributed by atoms with Gasteiger partial charge in [-0.3, -0.25) is 0 Å². The molecule has 0 amide bonds. The number of nitrogens with zero attached hydrogens (tertiary/aromatic N) is 1. The molecule has 0 fully saturated rings. The number of methoxy groups -OCH3 is 1. The molecule has 2 N–H and O–H groups in total. The van der Waals surface area contributed by atoms with E-state index in [1.54, 1.807) is 7.11 Å². The van der Waals surface area contributed by atoms with E-state index in [0.29, 0.717) is 6.54 Å². The first-order valence-electron chi connectivity index (χ1n) is 6.14. The van der Waals surface area contributed by atoms with Gasteiger partial charge in [-0.15, -0.1) is 0 Å². The van der Waals surface area contributed by atoms with Gasteiger partial charge in [-0.25, -0.2) is 0 Å². The van der Waals surface area contributed by atoms with Gasteiger partial charge < -0.3 is 15.4 Å². The van der Waals surface area contributed by atoms with Crippen molar-refractivity contribution < 1.29 is 4.74 Å². The SMILES string of the molecule is COc1ccc(N(C)CCC(C)(C)CN)cc1Br. The number of benzene rings is 1. The Labute approximate surface area is 118 Å². The van der Waals surface area contributed by atoms with Gasteiger partial charge in [0, 0.05) is 19.3 Å². The topological polar surface area (TPSA) is 38.5 Å². The lowest BCUT2D eigenvalue weighted by atomic mass is 9.89. The van der Waals surface area contributed by atoms with Crippen molar-refractivity contribution in [3.63, 3.8) is 0 Å². The number of nitrogens with two attached hydrogens (primary N) is 1. The Hall–Kier alpha value is -0.740. The second-order valence-electron chi connectivity index (χ2n) is 5.36. The van der Waals surface area contributed by atoms with E-state index < -0.39 is 0 Å².